The second-order valence-electron chi connectivity index (χ2n) is 7.14. The van der Waals surface area contributed by atoms with Crippen LogP contribution in [0.15, 0.2) is 4.99 Å². The van der Waals surface area contributed by atoms with Crippen LogP contribution >= 0.6 is 11.3 Å². The highest BCUT2D eigenvalue weighted by atomic mass is 32.1. The smallest absolute Gasteiger partial charge is 0.291 e. The maximum Gasteiger partial charge on any atom is 0.291 e. The van der Waals surface area contributed by atoms with E-state index in [0.717, 1.165) is 21.2 Å². The van der Waals surface area contributed by atoms with Crippen LogP contribution in [0.5, 0.6) is 5.06 Å². The van der Waals surface area contributed by atoms with Crippen molar-refractivity contribution in [2.75, 3.05) is 19.8 Å². The van der Waals surface area contributed by atoms with Crippen molar-refractivity contribution < 1.29 is 19.4 Å². The number of thiophene rings is 1. The largest absolute Gasteiger partial charge is 0.481 e. The van der Waals surface area contributed by atoms with Crippen molar-refractivity contribution >= 4 is 23.5 Å². The molecule has 0 saturated carbocycles. The van der Waals surface area contributed by atoms with Crippen molar-refractivity contribution in [2.45, 2.75) is 39.0 Å². The van der Waals surface area contributed by atoms with Crippen molar-refractivity contribution in [1.82, 2.24) is 20.1 Å². The summed E-state index contributed by atoms with van der Waals surface area (Å²) in [7, 11) is 0. The van der Waals surface area contributed by atoms with E-state index >= 15 is 0 Å². The topological polar surface area (TPSA) is 111 Å². The number of rotatable bonds is 3. The van der Waals surface area contributed by atoms with E-state index in [9.17, 15) is 9.90 Å². The molecule has 0 saturated heterocycles. The average molecular weight is 391 g/mol. The van der Waals surface area contributed by atoms with Gasteiger partial charge in [-0.25, -0.2) is 9.67 Å². The Morgan fingerprint density at radius 3 is 3.07 bits per heavy atom. The maximum absolute atomic E-state index is 12.4. The molecule has 1 amide bonds. The summed E-state index contributed by atoms with van der Waals surface area (Å²) in [4.78, 5) is 21.4. The predicted octanol–water partition coefficient (Wildman–Crippen LogP) is 1.23. The normalized spacial score (nSPS) is 18.6. The summed E-state index contributed by atoms with van der Waals surface area (Å²) in [6.45, 7) is 6.73. The summed E-state index contributed by atoms with van der Waals surface area (Å²) in [5.74, 6) is 0.189. The molecular weight excluding hydrogens is 370 g/mol. The Labute approximate surface area is 160 Å². The van der Waals surface area contributed by atoms with Gasteiger partial charge in [0.15, 0.2) is 10.9 Å². The first-order valence-corrected chi connectivity index (χ1v) is 9.52. The monoisotopic (exact) mass is 391 g/mol. The van der Waals surface area contributed by atoms with Crippen LogP contribution in [0.2, 0.25) is 0 Å². The lowest BCUT2D eigenvalue weighted by Crippen LogP contribution is -2.38. The molecule has 10 heteroatoms. The average Bonchev–Trinajstić information content (AvgIpc) is 3.08. The molecule has 2 aliphatic rings. The number of hydrogen-bond acceptors (Lipinski definition) is 8. The van der Waals surface area contributed by atoms with Crippen molar-refractivity contribution in [3.8, 4) is 10.1 Å². The number of nitrogens with one attached hydrogen (secondary N) is 1. The number of nitrogens with zero attached hydrogens (tertiary/aromatic N) is 4. The zero-order valence-corrected chi connectivity index (χ0v) is 16.2. The Bertz CT molecular complexity index is 911. The third kappa shape index (κ3) is 3.47. The van der Waals surface area contributed by atoms with E-state index in [1.807, 2.05) is 6.92 Å². The quantitative estimate of drug-likeness (QED) is 0.814. The van der Waals surface area contributed by atoms with Crippen LogP contribution in [-0.4, -0.2) is 57.4 Å². The van der Waals surface area contributed by atoms with Gasteiger partial charge in [0.05, 0.1) is 18.8 Å². The molecule has 1 unspecified atom stereocenters. The lowest BCUT2D eigenvalue weighted by molar-refractivity contribution is 0.0689. The van der Waals surface area contributed by atoms with E-state index in [1.54, 1.807) is 24.7 Å². The van der Waals surface area contributed by atoms with Gasteiger partial charge in [-0.3, -0.25) is 9.79 Å². The van der Waals surface area contributed by atoms with Gasteiger partial charge in [-0.05, 0) is 20.8 Å². The molecule has 9 nitrogen and oxygen atoms in total. The van der Waals surface area contributed by atoms with E-state index in [4.69, 9.17) is 9.47 Å². The molecule has 0 spiro atoms. The van der Waals surface area contributed by atoms with Gasteiger partial charge in [0.25, 0.3) is 5.91 Å². The second-order valence-corrected chi connectivity index (χ2v) is 8.10. The summed E-state index contributed by atoms with van der Waals surface area (Å²) in [6.07, 6.45) is 1.80. The third-order valence-electron chi connectivity index (χ3n) is 4.21. The van der Waals surface area contributed by atoms with E-state index in [-0.39, 0.29) is 18.4 Å². The minimum Gasteiger partial charge on any atom is -0.481 e. The molecule has 4 rings (SSSR count). The molecule has 27 heavy (non-hydrogen) atoms. The van der Waals surface area contributed by atoms with E-state index < -0.39 is 11.5 Å². The number of carbonyl (C=O) groups is 1. The van der Waals surface area contributed by atoms with Crippen LogP contribution in [0, 0.1) is 0 Å². The van der Waals surface area contributed by atoms with Crippen LogP contribution in [0.1, 0.15) is 54.4 Å². The Morgan fingerprint density at radius 2 is 2.30 bits per heavy atom. The molecule has 1 atom stereocenters. The molecule has 2 aromatic heterocycles. The van der Waals surface area contributed by atoms with Gasteiger partial charge in [0.1, 0.15) is 17.6 Å². The summed E-state index contributed by atoms with van der Waals surface area (Å²) in [5.41, 5.74) is 0.815. The fraction of sp³-hybridized carbons (Fsp3) is 0.529. The SMILES string of the molecule is CC1N=Cc2c(sc3c2COCCO3)-n2nc(C(=O)NCC(C)(C)O)nc21. The molecule has 2 aliphatic heterocycles. The second kappa shape index (κ2) is 6.70. The van der Waals surface area contributed by atoms with Crippen molar-refractivity contribution in [2.24, 2.45) is 4.99 Å². The molecular formula is C17H21N5O4S. The van der Waals surface area contributed by atoms with Crippen LogP contribution in [0.3, 0.4) is 0 Å². The van der Waals surface area contributed by atoms with Gasteiger partial charge < -0.3 is 19.9 Å². The van der Waals surface area contributed by atoms with Crippen LogP contribution in [0.4, 0.5) is 0 Å². The van der Waals surface area contributed by atoms with Crippen LogP contribution < -0.4 is 10.1 Å². The number of aliphatic hydroxyl groups is 1. The summed E-state index contributed by atoms with van der Waals surface area (Å²) < 4.78 is 13.0. The highest BCUT2D eigenvalue weighted by Crippen LogP contribution is 2.41. The minimum absolute atomic E-state index is 0.0462. The van der Waals surface area contributed by atoms with Gasteiger partial charge >= 0.3 is 0 Å². The highest BCUT2D eigenvalue weighted by molar-refractivity contribution is 7.17. The molecule has 144 valence electrons. The lowest BCUT2D eigenvalue weighted by atomic mass is 10.1. The number of carbonyl (C=O) groups excluding carboxylic acids is 1. The summed E-state index contributed by atoms with van der Waals surface area (Å²) >= 11 is 1.45. The molecule has 0 aromatic carbocycles. The Kier molecular flexibility index (Phi) is 4.49. The third-order valence-corrected chi connectivity index (χ3v) is 5.34. The number of aliphatic imine (C=N–C) groups is 1. The zero-order chi connectivity index (χ0) is 19.2. The Morgan fingerprint density at radius 1 is 1.48 bits per heavy atom. The molecule has 2 aromatic rings. The number of amides is 1. The first-order valence-electron chi connectivity index (χ1n) is 8.71. The Hall–Kier alpha value is -2.30. The molecule has 0 bridgehead atoms. The van der Waals surface area contributed by atoms with Crippen LogP contribution in [0.25, 0.3) is 5.00 Å². The standard InChI is InChI=1S/C17H21N5O4S/c1-9-13-20-12(14(23)19-8-17(2,3)24)21-22(13)15-10(6-18-9)11-7-25-4-5-26-16(11)27-15/h6,9,24H,4-5,7-8H2,1-3H3,(H,19,23). The van der Waals surface area contributed by atoms with Gasteiger partial charge in [-0.2, -0.15) is 0 Å². The number of hydrogen-bond donors (Lipinski definition) is 2. The van der Waals surface area contributed by atoms with E-state index in [1.165, 1.54) is 11.3 Å². The number of aromatic nitrogens is 3. The van der Waals surface area contributed by atoms with Crippen LogP contribution in [-0.2, 0) is 11.3 Å². The number of ether oxygens (including phenoxy) is 2. The maximum atomic E-state index is 12.4. The van der Waals surface area contributed by atoms with E-state index in [0.29, 0.717) is 25.6 Å². The number of fused-ring (bicyclic) bond motifs is 5. The van der Waals surface area contributed by atoms with Crippen molar-refractivity contribution in [3.63, 3.8) is 0 Å². The first kappa shape index (κ1) is 18.1. The predicted molar refractivity (Wildman–Crippen MR) is 99.0 cm³/mol. The molecule has 0 fully saturated rings. The minimum atomic E-state index is -1.01. The molecule has 2 N–H and O–H groups in total. The molecule has 4 heterocycles. The summed E-state index contributed by atoms with van der Waals surface area (Å²) in [6, 6.07) is -0.254. The fourth-order valence-electron chi connectivity index (χ4n) is 2.82. The lowest BCUT2D eigenvalue weighted by Gasteiger charge is -2.16. The van der Waals surface area contributed by atoms with Crippen molar-refractivity contribution in [1.29, 1.82) is 0 Å². The Balaban J connectivity index is 1.72. The fourth-order valence-corrected chi connectivity index (χ4v) is 3.94. The van der Waals surface area contributed by atoms with Gasteiger partial charge in [0.2, 0.25) is 5.82 Å². The van der Waals surface area contributed by atoms with Gasteiger partial charge in [-0.15, -0.1) is 5.10 Å². The highest BCUT2D eigenvalue weighted by Gasteiger charge is 2.29. The zero-order valence-electron chi connectivity index (χ0n) is 15.4. The van der Waals surface area contributed by atoms with Gasteiger partial charge in [-0.1, -0.05) is 11.3 Å². The van der Waals surface area contributed by atoms with E-state index in [2.05, 4.69) is 20.4 Å². The summed E-state index contributed by atoms with van der Waals surface area (Å²) in [5, 5.41) is 18.5. The van der Waals surface area contributed by atoms with Crippen molar-refractivity contribution in [3.05, 3.63) is 22.8 Å². The molecule has 0 radical (unpaired) electrons. The molecule has 0 aliphatic carbocycles. The first-order chi connectivity index (χ1) is 12.8. The van der Waals surface area contributed by atoms with Gasteiger partial charge in [0, 0.05) is 23.9 Å².